The number of nitrogens with zero attached hydrogens (tertiary/aromatic N) is 3. The van der Waals surface area contributed by atoms with E-state index >= 15 is 0 Å². The highest BCUT2D eigenvalue weighted by Gasteiger charge is 2.27. The molecule has 0 spiro atoms. The van der Waals surface area contributed by atoms with Crippen LogP contribution in [0.15, 0.2) is 30.5 Å². The first kappa shape index (κ1) is 12.6. The van der Waals surface area contributed by atoms with Crippen molar-refractivity contribution < 1.29 is 0 Å². The fourth-order valence-corrected chi connectivity index (χ4v) is 2.30. The van der Waals surface area contributed by atoms with E-state index in [1.807, 2.05) is 24.4 Å². The van der Waals surface area contributed by atoms with Crippen LogP contribution in [0.3, 0.4) is 0 Å². The minimum atomic E-state index is 0.572. The van der Waals surface area contributed by atoms with Crippen LogP contribution in [-0.2, 0) is 6.54 Å². The molecule has 2 saturated carbocycles. The second-order valence-electron chi connectivity index (χ2n) is 5.87. The Morgan fingerprint density at radius 3 is 2.71 bits per heavy atom. The monoisotopic (exact) mass is 281 g/mol. The summed E-state index contributed by atoms with van der Waals surface area (Å²) >= 11 is 0. The van der Waals surface area contributed by atoms with Gasteiger partial charge in [0.1, 0.15) is 5.82 Å². The smallest absolute Gasteiger partial charge is 0.225 e. The van der Waals surface area contributed by atoms with Gasteiger partial charge in [-0.3, -0.25) is 4.98 Å². The van der Waals surface area contributed by atoms with E-state index in [-0.39, 0.29) is 0 Å². The average Bonchev–Trinajstić information content (AvgIpc) is 3.38. The molecule has 0 aliphatic heterocycles. The van der Waals surface area contributed by atoms with Crippen molar-refractivity contribution in [1.29, 1.82) is 0 Å². The van der Waals surface area contributed by atoms with Gasteiger partial charge in [0, 0.05) is 24.2 Å². The Morgan fingerprint density at radius 1 is 1.10 bits per heavy atom. The zero-order valence-electron chi connectivity index (χ0n) is 11.9. The SMILES string of the molecule is c1ccc(CNc2cc(C3CC3)nc(NC3CC3)n2)nc1. The summed E-state index contributed by atoms with van der Waals surface area (Å²) in [5.41, 5.74) is 2.18. The predicted molar refractivity (Wildman–Crippen MR) is 82.2 cm³/mol. The molecule has 0 saturated heterocycles. The average molecular weight is 281 g/mol. The molecule has 21 heavy (non-hydrogen) atoms. The van der Waals surface area contributed by atoms with Gasteiger partial charge in [0.25, 0.3) is 0 Å². The van der Waals surface area contributed by atoms with Crippen LogP contribution in [0.2, 0.25) is 0 Å². The van der Waals surface area contributed by atoms with Crippen LogP contribution in [0, 0.1) is 0 Å². The third-order valence-corrected chi connectivity index (χ3v) is 3.83. The van der Waals surface area contributed by atoms with E-state index in [4.69, 9.17) is 0 Å². The molecule has 5 heteroatoms. The van der Waals surface area contributed by atoms with E-state index in [1.54, 1.807) is 0 Å². The van der Waals surface area contributed by atoms with Crippen molar-refractivity contribution in [3.63, 3.8) is 0 Å². The van der Waals surface area contributed by atoms with Gasteiger partial charge in [0.15, 0.2) is 0 Å². The van der Waals surface area contributed by atoms with Crippen LogP contribution >= 0.6 is 0 Å². The van der Waals surface area contributed by atoms with Crippen LogP contribution in [0.1, 0.15) is 43.0 Å². The lowest BCUT2D eigenvalue weighted by Gasteiger charge is -2.10. The van der Waals surface area contributed by atoms with Gasteiger partial charge < -0.3 is 10.6 Å². The molecule has 2 heterocycles. The zero-order valence-corrected chi connectivity index (χ0v) is 11.9. The summed E-state index contributed by atoms with van der Waals surface area (Å²) in [7, 11) is 0. The molecule has 5 nitrogen and oxygen atoms in total. The molecular formula is C16H19N5. The standard InChI is InChI=1S/C16H19N5/c1-2-8-17-13(3-1)10-18-15-9-14(11-4-5-11)20-16(21-15)19-12-6-7-12/h1-3,8-9,11-12H,4-7,10H2,(H2,18,19,20,21). The molecule has 0 atom stereocenters. The highest BCUT2D eigenvalue weighted by Crippen LogP contribution is 2.40. The summed E-state index contributed by atoms with van der Waals surface area (Å²) in [5.74, 6) is 2.29. The number of hydrogen-bond acceptors (Lipinski definition) is 5. The van der Waals surface area contributed by atoms with Crippen LogP contribution < -0.4 is 10.6 Å². The number of anilines is 2. The van der Waals surface area contributed by atoms with E-state index in [0.29, 0.717) is 18.5 Å². The molecule has 2 aliphatic carbocycles. The Kier molecular flexibility index (Phi) is 3.18. The van der Waals surface area contributed by atoms with Gasteiger partial charge in [-0.25, -0.2) is 4.98 Å². The van der Waals surface area contributed by atoms with E-state index in [9.17, 15) is 0 Å². The third-order valence-electron chi connectivity index (χ3n) is 3.83. The fourth-order valence-electron chi connectivity index (χ4n) is 2.30. The summed E-state index contributed by atoms with van der Waals surface area (Å²) in [5, 5.41) is 6.76. The Labute approximate surface area is 124 Å². The van der Waals surface area contributed by atoms with E-state index < -0.39 is 0 Å². The minimum Gasteiger partial charge on any atom is -0.364 e. The summed E-state index contributed by atoms with van der Waals surface area (Å²) in [6.45, 7) is 0.685. The highest BCUT2D eigenvalue weighted by atomic mass is 15.2. The normalized spacial score (nSPS) is 17.5. The fraction of sp³-hybridized carbons (Fsp3) is 0.438. The van der Waals surface area contributed by atoms with Crippen LogP contribution in [0.4, 0.5) is 11.8 Å². The van der Waals surface area contributed by atoms with Gasteiger partial charge in [-0.2, -0.15) is 4.98 Å². The van der Waals surface area contributed by atoms with Crippen LogP contribution in [-0.4, -0.2) is 21.0 Å². The molecule has 2 fully saturated rings. The Hall–Kier alpha value is -2.17. The first-order valence-corrected chi connectivity index (χ1v) is 7.66. The van der Waals surface area contributed by atoms with Gasteiger partial charge in [-0.05, 0) is 37.8 Å². The second-order valence-corrected chi connectivity index (χ2v) is 5.87. The number of hydrogen-bond donors (Lipinski definition) is 2. The van der Waals surface area contributed by atoms with Crippen LogP contribution in [0.5, 0.6) is 0 Å². The third kappa shape index (κ3) is 3.29. The first-order chi connectivity index (χ1) is 10.4. The molecule has 2 aromatic heterocycles. The van der Waals surface area contributed by atoms with Crippen molar-refractivity contribution in [2.75, 3.05) is 10.6 Å². The molecular weight excluding hydrogens is 262 g/mol. The maximum Gasteiger partial charge on any atom is 0.225 e. The van der Waals surface area contributed by atoms with Crippen LogP contribution in [0.25, 0.3) is 0 Å². The maximum absolute atomic E-state index is 4.65. The van der Waals surface area contributed by atoms with Gasteiger partial charge in [0.2, 0.25) is 5.95 Å². The number of pyridine rings is 1. The van der Waals surface area contributed by atoms with Crippen molar-refractivity contribution >= 4 is 11.8 Å². The second kappa shape index (κ2) is 5.31. The topological polar surface area (TPSA) is 62.7 Å². The molecule has 0 bridgehead atoms. The summed E-state index contributed by atoms with van der Waals surface area (Å²) in [4.78, 5) is 13.6. The molecule has 0 amide bonds. The summed E-state index contributed by atoms with van der Waals surface area (Å²) in [6, 6.07) is 8.59. The molecule has 2 N–H and O–H groups in total. The highest BCUT2D eigenvalue weighted by molar-refractivity contribution is 5.45. The largest absolute Gasteiger partial charge is 0.364 e. The number of rotatable bonds is 6. The molecule has 0 aromatic carbocycles. The quantitative estimate of drug-likeness (QED) is 0.852. The van der Waals surface area contributed by atoms with Gasteiger partial charge in [-0.1, -0.05) is 6.07 Å². The number of nitrogens with one attached hydrogen (secondary N) is 2. The Balaban J connectivity index is 1.50. The molecule has 2 aliphatic rings. The van der Waals surface area contributed by atoms with Gasteiger partial charge >= 0.3 is 0 Å². The molecule has 0 radical (unpaired) electrons. The molecule has 4 rings (SSSR count). The number of aromatic nitrogens is 3. The molecule has 2 aromatic rings. The summed E-state index contributed by atoms with van der Waals surface area (Å²) in [6.07, 6.45) is 6.77. The minimum absolute atomic E-state index is 0.572. The lowest BCUT2D eigenvalue weighted by atomic mass is 10.2. The maximum atomic E-state index is 4.65. The Morgan fingerprint density at radius 2 is 2.00 bits per heavy atom. The van der Waals surface area contributed by atoms with Gasteiger partial charge in [-0.15, -0.1) is 0 Å². The molecule has 0 unspecified atom stereocenters. The zero-order chi connectivity index (χ0) is 14.1. The first-order valence-electron chi connectivity index (χ1n) is 7.66. The van der Waals surface area contributed by atoms with E-state index in [1.165, 1.54) is 25.7 Å². The summed E-state index contributed by atoms with van der Waals surface area (Å²) < 4.78 is 0. The Bertz CT molecular complexity index is 620. The predicted octanol–water partition coefficient (Wildman–Crippen LogP) is 2.94. The van der Waals surface area contributed by atoms with E-state index in [2.05, 4.69) is 31.7 Å². The van der Waals surface area contributed by atoms with Gasteiger partial charge in [0.05, 0.1) is 17.9 Å². The van der Waals surface area contributed by atoms with Crippen molar-refractivity contribution in [3.05, 3.63) is 41.9 Å². The van der Waals surface area contributed by atoms with Crippen molar-refractivity contribution in [2.45, 2.75) is 44.2 Å². The van der Waals surface area contributed by atoms with E-state index in [0.717, 1.165) is 23.2 Å². The molecule has 108 valence electrons. The van der Waals surface area contributed by atoms with Crippen molar-refractivity contribution in [1.82, 2.24) is 15.0 Å². The lowest BCUT2D eigenvalue weighted by molar-refractivity contribution is 0.952. The lowest BCUT2D eigenvalue weighted by Crippen LogP contribution is -2.10. The van der Waals surface area contributed by atoms with Crippen molar-refractivity contribution in [2.24, 2.45) is 0 Å². The van der Waals surface area contributed by atoms with Crippen molar-refractivity contribution in [3.8, 4) is 0 Å².